The molecule has 7 heteroatoms. The third-order valence-corrected chi connectivity index (χ3v) is 6.40. The van der Waals surface area contributed by atoms with Crippen LogP contribution in [0.2, 0.25) is 10.0 Å². The number of anilines is 1. The van der Waals surface area contributed by atoms with Gasteiger partial charge in [0.25, 0.3) is 0 Å². The molecular formula is C18H20Cl2N2O2S. The van der Waals surface area contributed by atoms with Gasteiger partial charge in [0.05, 0.1) is 4.90 Å². The van der Waals surface area contributed by atoms with E-state index in [0.29, 0.717) is 10.0 Å². The lowest BCUT2D eigenvalue weighted by Gasteiger charge is -2.33. The van der Waals surface area contributed by atoms with E-state index >= 15 is 0 Å². The molecule has 2 aromatic carbocycles. The average Bonchev–Trinajstić information content (AvgIpc) is 2.59. The van der Waals surface area contributed by atoms with Crippen LogP contribution in [0.5, 0.6) is 0 Å². The van der Waals surface area contributed by atoms with E-state index < -0.39 is 10.0 Å². The van der Waals surface area contributed by atoms with Crippen LogP contribution in [0.15, 0.2) is 53.4 Å². The lowest BCUT2D eigenvalue weighted by Crippen LogP contribution is -2.48. The van der Waals surface area contributed by atoms with E-state index in [1.165, 1.54) is 12.1 Å². The summed E-state index contributed by atoms with van der Waals surface area (Å²) in [6.07, 6.45) is 3.80. The van der Waals surface area contributed by atoms with Crippen LogP contribution in [-0.2, 0) is 10.0 Å². The van der Waals surface area contributed by atoms with E-state index in [4.69, 9.17) is 23.2 Å². The molecule has 2 N–H and O–H groups in total. The lowest BCUT2D eigenvalue weighted by atomic mass is 9.91. The maximum absolute atomic E-state index is 12.7. The average molecular weight is 399 g/mol. The Morgan fingerprint density at radius 1 is 0.800 bits per heavy atom. The summed E-state index contributed by atoms with van der Waals surface area (Å²) in [6.45, 7) is 0. The quantitative estimate of drug-likeness (QED) is 0.767. The second kappa shape index (κ2) is 7.96. The molecule has 0 spiro atoms. The fraction of sp³-hybridized carbons (Fsp3) is 0.333. The Morgan fingerprint density at radius 2 is 1.32 bits per heavy atom. The highest BCUT2D eigenvalue weighted by molar-refractivity contribution is 7.89. The van der Waals surface area contributed by atoms with Crippen molar-refractivity contribution < 1.29 is 8.42 Å². The zero-order chi connectivity index (χ0) is 17.9. The third-order valence-electron chi connectivity index (χ3n) is 4.39. The minimum atomic E-state index is -3.58. The number of rotatable bonds is 5. The maximum atomic E-state index is 12.7. The van der Waals surface area contributed by atoms with Gasteiger partial charge in [-0.2, -0.15) is 0 Å². The fourth-order valence-corrected chi connectivity index (χ4v) is 4.65. The van der Waals surface area contributed by atoms with Crippen LogP contribution in [-0.4, -0.2) is 20.5 Å². The van der Waals surface area contributed by atoms with Crippen LogP contribution in [0.4, 0.5) is 5.69 Å². The summed E-state index contributed by atoms with van der Waals surface area (Å²) in [5, 5.41) is 4.62. The first-order valence-corrected chi connectivity index (χ1v) is 10.5. The predicted octanol–water partition coefficient (Wildman–Crippen LogP) is 4.70. The molecule has 1 fully saturated rings. The van der Waals surface area contributed by atoms with Crippen molar-refractivity contribution in [1.82, 2.24) is 4.72 Å². The number of hydrogen-bond donors (Lipinski definition) is 2. The minimum Gasteiger partial charge on any atom is -0.381 e. The van der Waals surface area contributed by atoms with Crippen LogP contribution in [0.1, 0.15) is 25.7 Å². The number of hydrogen-bond acceptors (Lipinski definition) is 3. The highest BCUT2D eigenvalue weighted by Gasteiger charge is 2.29. The van der Waals surface area contributed by atoms with E-state index in [0.717, 1.165) is 31.4 Å². The zero-order valence-electron chi connectivity index (χ0n) is 13.6. The first kappa shape index (κ1) is 18.5. The summed E-state index contributed by atoms with van der Waals surface area (Å²) >= 11 is 11.8. The largest absolute Gasteiger partial charge is 0.381 e. The van der Waals surface area contributed by atoms with Crippen molar-refractivity contribution in [3.8, 4) is 0 Å². The molecular weight excluding hydrogens is 379 g/mol. The molecule has 0 aromatic heterocycles. The normalized spacial score (nSPS) is 21.0. The van der Waals surface area contributed by atoms with Crippen molar-refractivity contribution in [2.24, 2.45) is 0 Å². The smallest absolute Gasteiger partial charge is 0.240 e. The van der Waals surface area contributed by atoms with Gasteiger partial charge in [0.1, 0.15) is 0 Å². The SMILES string of the molecule is O=S(=O)(NC1CCCCC1Nc1ccc(Cl)cc1)c1ccc(Cl)cc1. The standard InChI is InChI=1S/C18H20Cl2N2O2S/c19-13-5-9-15(10-6-13)21-17-3-1-2-4-18(17)22-25(23,24)16-11-7-14(20)8-12-16/h5-12,17-18,21-22H,1-4H2. The van der Waals surface area contributed by atoms with Crippen LogP contribution in [0.25, 0.3) is 0 Å². The molecule has 1 saturated carbocycles. The van der Waals surface area contributed by atoms with Crippen LogP contribution in [0, 0.1) is 0 Å². The van der Waals surface area contributed by atoms with Gasteiger partial charge < -0.3 is 5.32 Å². The van der Waals surface area contributed by atoms with E-state index in [1.54, 1.807) is 12.1 Å². The Bertz CT molecular complexity index is 808. The van der Waals surface area contributed by atoms with Crippen molar-refractivity contribution in [2.45, 2.75) is 42.7 Å². The number of halogens is 2. The summed E-state index contributed by atoms with van der Waals surface area (Å²) in [6, 6.07) is 13.5. The van der Waals surface area contributed by atoms with Crippen molar-refractivity contribution in [2.75, 3.05) is 5.32 Å². The monoisotopic (exact) mass is 398 g/mol. The lowest BCUT2D eigenvalue weighted by molar-refractivity contribution is 0.378. The van der Waals surface area contributed by atoms with Gasteiger partial charge >= 0.3 is 0 Å². The highest BCUT2D eigenvalue weighted by atomic mass is 35.5. The Morgan fingerprint density at radius 3 is 1.92 bits per heavy atom. The van der Waals surface area contributed by atoms with Gasteiger partial charge in [-0.3, -0.25) is 0 Å². The summed E-state index contributed by atoms with van der Waals surface area (Å²) < 4.78 is 28.2. The van der Waals surface area contributed by atoms with Gasteiger partial charge in [-0.15, -0.1) is 0 Å². The molecule has 0 heterocycles. The van der Waals surface area contributed by atoms with Crippen LogP contribution >= 0.6 is 23.2 Å². The topological polar surface area (TPSA) is 58.2 Å². The number of benzene rings is 2. The Labute approximate surface area is 158 Å². The van der Waals surface area contributed by atoms with Crippen molar-refractivity contribution in [3.63, 3.8) is 0 Å². The first-order valence-electron chi connectivity index (χ1n) is 8.24. The molecule has 1 aliphatic carbocycles. The summed E-state index contributed by atoms with van der Waals surface area (Å²) in [5.41, 5.74) is 0.937. The van der Waals surface area contributed by atoms with E-state index in [-0.39, 0.29) is 17.0 Å². The van der Waals surface area contributed by atoms with Gasteiger partial charge in [0.2, 0.25) is 10.0 Å². The Hall–Kier alpha value is -1.27. The molecule has 0 amide bonds. The molecule has 0 bridgehead atoms. The van der Waals surface area contributed by atoms with Gasteiger partial charge in [-0.1, -0.05) is 36.0 Å². The Balaban J connectivity index is 1.74. The highest BCUT2D eigenvalue weighted by Crippen LogP contribution is 2.25. The minimum absolute atomic E-state index is 0.0389. The van der Waals surface area contributed by atoms with Gasteiger partial charge in [-0.25, -0.2) is 13.1 Å². The van der Waals surface area contributed by atoms with Crippen molar-refractivity contribution >= 4 is 38.9 Å². The van der Waals surface area contributed by atoms with Crippen molar-refractivity contribution in [3.05, 3.63) is 58.6 Å². The van der Waals surface area contributed by atoms with Gasteiger partial charge in [0.15, 0.2) is 0 Å². The van der Waals surface area contributed by atoms with E-state index in [1.807, 2.05) is 24.3 Å². The maximum Gasteiger partial charge on any atom is 0.240 e. The third kappa shape index (κ3) is 4.88. The molecule has 134 valence electrons. The summed E-state index contributed by atoms with van der Waals surface area (Å²) in [5.74, 6) is 0. The molecule has 4 nitrogen and oxygen atoms in total. The molecule has 1 aliphatic rings. The molecule has 25 heavy (non-hydrogen) atoms. The van der Waals surface area contributed by atoms with Crippen LogP contribution < -0.4 is 10.0 Å². The molecule has 2 unspecified atom stereocenters. The van der Waals surface area contributed by atoms with Crippen molar-refractivity contribution in [1.29, 1.82) is 0 Å². The number of nitrogens with one attached hydrogen (secondary N) is 2. The van der Waals surface area contributed by atoms with Gasteiger partial charge in [-0.05, 0) is 61.4 Å². The van der Waals surface area contributed by atoms with Gasteiger partial charge in [0, 0.05) is 27.8 Å². The summed E-state index contributed by atoms with van der Waals surface area (Å²) in [4.78, 5) is 0.229. The second-order valence-electron chi connectivity index (χ2n) is 6.22. The second-order valence-corrected chi connectivity index (χ2v) is 8.81. The first-order chi connectivity index (χ1) is 11.9. The Kier molecular flexibility index (Phi) is 5.89. The molecule has 0 aliphatic heterocycles. The molecule has 3 rings (SSSR count). The number of sulfonamides is 1. The van der Waals surface area contributed by atoms with E-state index in [2.05, 4.69) is 10.0 Å². The molecule has 0 saturated heterocycles. The zero-order valence-corrected chi connectivity index (χ0v) is 15.9. The molecule has 2 atom stereocenters. The fourth-order valence-electron chi connectivity index (χ4n) is 3.09. The van der Waals surface area contributed by atoms with E-state index in [9.17, 15) is 8.42 Å². The van der Waals surface area contributed by atoms with Crippen LogP contribution in [0.3, 0.4) is 0 Å². The predicted molar refractivity (Wildman–Crippen MR) is 103 cm³/mol. The summed E-state index contributed by atoms with van der Waals surface area (Å²) in [7, 11) is -3.58. The molecule has 2 aromatic rings. The molecule has 0 radical (unpaired) electrons.